The lowest BCUT2D eigenvalue weighted by Gasteiger charge is -2.20. The Morgan fingerprint density at radius 3 is 2.62 bits per heavy atom. The minimum absolute atomic E-state index is 0.122. The van der Waals surface area contributed by atoms with E-state index in [2.05, 4.69) is 0 Å². The van der Waals surface area contributed by atoms with Crippen molar-refractivity contribution in [1.29, 1.82) is 0 Å². The molecule has 1 aliphatic rings. The van der Waals surface area contributed by atoms with Crippen LogP contribution in [0.4, 0.5) is 4.39 Å². The zero-order chi connectivity index (χ0) is 18.3. The molecule has 0 unspecified atom stereocenters. The molecule has 0 aliphatic carbocycles. The highest BCUT2D eigenvalue weighted by molar-refractivity contribution is 7.85. The minimum Gasteiger partial charge on any atom is -0.464 e. The third-order valence-corrected chi connectivity index (χ3v) is 5.95. The summed E-state index contributed by atoms with van der Waals surface area (Å²) in [5.41, 5.74) is 2.06. The highest BCUT2D eigenvalue weighted by Crippen LogP contribution is 2.40. The second kappa shape index (κ2) is 6.35. The van der Waals surface area contributed by atoms with Crippen LogP contribution in [0.25, 0.3) is 16.0 Å². The molecule has 0 amide bonds. The van der Waals surface area contributed by atoms with Crippen molar-refractivity contribution in [1.82, 2.24) is 0 Å². The fraction of sp³-hybridized carbons (Fsp3) is 0.0526. The van der Waals surface area contributed by atoms with E-state index in [0.717, 1.165) is 16.5 Å². The van der Waals surface area contributed by atoms with Crippen LogP contribution in [-0.4, -0.2) is 13.0 Å². The van der Waals surface area contributed by atoms with Crippen LogP contribution in [-0.2, 0) is 16.5 Å². The number of allylic oxidation sites excluding steroid dienone is 1. The molecule has 4 nitrogen and oxygen atoms in total. The van der Waals surface area contributed by atoms with E-state index in [1.165, 1.54) is 23.7 Å². The van der Waals surface area contributed by atoms with Crippen molar-refractivity contribution >= 4 is 27.0 Å². The van der Waals surface area contributed by atoms with Crippen LogP contribution in [0.15, 0.2) is 65.1 Å². The number of ether oxygens (including phenoxy) is 1. The average molecular weight is 388 g/mol. The number of hydrogen-bond donors (Lipinski definition) is 1. The molecular formula is C19H13FO4S2. The molecule has 0 spiro atoms. The van der Waals surface area contributed by atoms with Gasteiger partial charge in [0.15, 0.2) is 5.82 Å². The minimum atomic E-state index is -4.68. The van der Waals surface area contributed by atoms with E-state index in [1.54, 1.807) is 0 Å². The SMILES string of the molecule is O=S(=O)(O)c1ccc(-c2cccs2)c(C2=COc3ccccc3C2)c1F. The molecule has 7 heteroatoms. The lowest BCUT2D eigenvalue weighted by Crippen LogP contribution is -2.09. The first-order valence-electron chi connectivity index (χ1n) is 7.73. The Morgan fingerprint density at radius 1 is 1.08 bits per heavy atom. The maximum atomic E-state index is 15.2. The van der Waals surface area contributed by atoms with Crippen molar-refractivity contribution in [2.75, 3.05) is 0 Å². The number of fused-ring (bicyclic) bond motifs is 1. The summed E-state index contributed by atoms with van der Waals surface area (Å²) in [5.74, 6) is -0.298. The van der Waals surface area contributed by atoms with E-state index in [4.69, 9.17) is 4.74 Å². The van der Waals surface area contributed by atoms with Gasteiger partial charge in [-0.15, -0.1) is 11.3 Å². The number of thiophene rings is 1. The third kappa shape index (κ3) is 2.94. The summed E-state index contributed by atoms with van der Waals surface area (Å²) in [6.45, 7) is 0. The molecule has 1 N–H and O–H groups in total. The molecule has 26 heavy (non-hydrogen) atoms. The van der Waals surface area contributed by atoms with Gasteiger partial charge in [-0.1, -0.05) is 30.3 Å². The standard InChI is InChI=1S/C19H13FO4S2/c20-19-17(26(21,22)23)8-7-14(16-6-3-9-25-16)18(19)13-10-12-4-1-2-5-15(12)24-11-13/h1-9,11H,10H2,(H,21,22,23). The van der Waals surface area contributed by atoms with E-state index in [0.29, 0.717) is 23.3 Å². The van der Waals surface area contributed by atoms with Crippen molar-refractivity contribution in [3.05, 3.63) is 77.1 Å². The van der Waals surface area contributed by atoms with Crippen molar-refractivity contribution in [3.8, 4) is 16.2 Å². The molecule has 1 aromatic heterocycles. The Kier molecular flexibility index (Phi) is 4.14. The van der Waals surface area contributed by atoms with Crippen LogP contribution in [0.3, 0.4) is 0 Å². The molecular weight excluding hydrogens is 375 g/mol. The first-order valence-corrected chi connectivity index (χ1v) is 10.0. The number of halogens is 1. The molecule has 2 aromatic carbocycles. The van der Waals surface area contributed by atoms with Crippen molar-refractivity contribution < 1.29 is 22.1 Å². The van der Waals surface area contributed by atoms with Gasteiger partial charge in [-0.3, -0.25) is 4.55 Å². The van der Waals surface area contributed by atoms with Gasteiger partial charge >= 0.3 is 0 Å². The maximum absolute atomic E-state index is 15.2. The van der Waals surface area contributed by atoms with Crippen molar-refractivity contribution in [3.63, 3.8) is 0 Å². The molecule has 0 atom stereocenters. The van der Waals surface area contributed by atoms with Gasteiger partial charge in [0.25, 0.3) is 10.1 Å². The second-order valence-corrected chi connectivity index (χ2v) is 8.14. The Balaban J connectivity index is 1.93. The average Bonchev–Trinajstić information content (AvgIpc) is 3.14. The van der Waals surface area contributed by atoms with Gasteiger partial charge in [0.1, 0.15) is 10.6 Å². The topological polar surface area (TPSA) is 63.6 Å². The van der Waals surface area contributed by atoms with E-state index < -0.39 is 20.8 Å². The highest BCUT2D eigenvalue weighted by Gasteiger charge is 2.26. The van der Waals surface area contributed by atoms with Crippen LogP contribution in [0.5, 0.6) is 5.75 Å². The second-order valence-electron chi connectivity index (χ2n) is 5.80. The molecule has 0 saturated carbocycles. The van der Waals surface area contributed by atoms with Gasteiger partial charge in [0.05, 0.1) is 6.26 Å². The molecule has 0 saturated heterocycles. The number of hydrogen-bond acceptors (Lipinski definition) is 4. The van der Waals surface area contributed by atoms with Gasteiger partial charge < -0.3 is 4.74 Å². The van der Waals surface area contributed by atoms with Gasteiger partial charge in [-0.05, 0) is 29.1 Å². The molecule has 3 aromatic rings. The summed E-state index contributed by atoms with van der Waals surface area (Å²) in [4.78, 5) is 0.0492. The fourth-order valence-corrected chi connectivity index (χ4v) is 4.33. The lowest BCUT2D eigenvalue weighted by molar-refractivity contribution is 0.465. The van der Waals surface area contributed by atoms with E-state index >= 15 is 4.39 Å². The van der Waals surface area contributed by atoms with E-state index in [-0.39, 0.29) is 5.56 Å². The summed E-state index contributed by atoms with van der Waals surface area (Å²) in [5, 5.41) is 1.86. The molecule has 4 rings (SSSR count). The van der Waals surface area contributed by atoms with Gasteiger partial charge in [0, 0.05) is 28.0 Å². The van der Waals surface area contributed by atoms with E-state index in [1.807, 2.05) is 41.8 Å². The predicted octanol–water partition coefficient (Wildman–Crippen LogP) is 4.78. The summed E-state index contributed by atoms with van der Waals surface area (Å²) >= 11 is 1.42. The normalized spacial score (nSPS) is 13.7. The molecule has 0 bridgehead atoms. The first-order chi connectivity index (χ1) is 12.4. The van der Waals surface area contributed by atoms with Crippen molar-refractivity contribution in [2.45, 2.75) is 11.3 Å². The smallest absolute Gasteiger partial charge is 0.297 e. The monoisotopic (exact) mass is 388 g/mol. The fourth-order valence-electron chi connectivity index (χ4n) is 3.00. The summed E-state index contributed by atoms with van der Waals surface area (Å²) in [6, 6.07) is 13.6. The zero-order valence-corrected chi connectivity index (χ0v) is 15.0. The quantitative estimate of drug-likeness (QED) is 0.656. The molecule has 2 heterocycles. The predicted molar refractivity (Wildman–Crippen MR) is 98.3 cm³/mol. The van der Waals surface area contributed by atoms with Gasteiger partial charge in [-0.25, -0.2) is 4.39 Å². The molecule has 1 aliphatic heterocycles. The summed E-state index contributed by atoms with van der Waals surface area (Å²) < 4.78 is 53.2. The van der Waals surface area contributed by atoms with Crippen LogP contribution in [0.2, 0.25) is 0 Å². The first kappa shape index (κ1) is 17.0. The summed E-state index contributed by atoms with van der Waals surface area (Å²) in [6.07, 6.45) is 1.83. The molecule has 132 valence electrons. The Morgan fingerprint density at radius 2 is 1.88 bits per heavy atom. The number of para-hydroxylation sites is 1. The largest absolute Gasteiger partial charge is 0.464 e. The Hall–Kier alpha value is -2.48. The van der Waals surface area contributed by atoms with Crippen LogP contribution < -0.4 is 4.74 Å². The number of benzene rings is 2. The highest BCUT2D eigenvalue weighted by atomic mass is 32.2. The molecule has 0 fully saturated rings. The van der Waals surface area contributed by atoms with Crippen LogP contribution in [0, 0.1) is 5.82 Å². The molecule has 0 radical (unpaired) electrons. The third-order valence-electron chi connectivity index (χ3n) is 4.17. The van der Waals surface area contributed by atoms with E-state index in [9.17, 15) is 13.0 Å². The van der Waals surface area contributed by atoms with Gasteiger partial charge in [-0.2, -0.15) is 8.42 Å². The van der Waals surface area contributed by atoms with Crippen LogP contribution in [0.1, 0.15) is 11.1 Å². The number of rotatable bonds is 3. The maximum Gasteiger partial charge on any atom is 0.297 e. The summed E-state index contributed by atoms with van der Waals surface area (Å²) in [7, 11) is -4.68. The lowest BCUT2D eigenvalue weighted by atomic mass is 9.92. The van der Waals surface area contributed by atoms with Crippen molar-refractivity contribution in [2.24, 2.45) is 0 Å². The Labute approximate surface area is 153 Å². The van der Waals surface area contributed by atoms with Crippen LogP contribution >= 0.6 is 11.3 Å². The van der Waals surface area contributed by atoms with Gasteiger partial charge in [0.2, 0.25) is 0 Å². The Bertz CT molecular complexity index is 1120. The zero-order valence-electron chi connectivity index (χ0n) is 13.3.